The number of ether oxygens (including phenoxy) is 1. The Hall–Kier alpha value is -2.60. The average Bonchev–Trinajstić information content (AvgIpc) is 2.48. The summed E-state index contributed by atoms with van der Waals surface area (Å²) < 4.78 is 4.14. The third-order valence-electron chi connectivity index (χ3n) is 1.59. The minimum atomic E-state index is -0.394. The van der Waals surface area contributed by atoms with Gasteiger partial charge in [0.15, 0.2) is 0 Å². The second kappa shape index (κ2) is 13.5. The van der Waals surface area contributed by atoms with Crippen LogP contribution in [-0.4, -0.2) is 13.1 Å². The monoisotopic (exact) mass is 257 g/mol. The Morgan fingerprint density at radius 3 is 1.95 bits per heavy atom. The molecule has 0 aliphatic rings. The number of nitriles is 1. The predicted octanol–water partition coefficient (Wildman–Crippen LogP) is 3.76. The molecule has 0 heterocycles. The van der Waals surface area contributed by atoms with Crippen molar-refractivity contribution >= 4 is 12.0 Å². The summed E-state index contributed by atoms with van der Waals surface area (Å²) in [7, 11) is 1.31. The fourth-order valence-electron chi connectivity index (χ4n) is 0.672. The van der Waals surface area contributed by atoms with E-state index in [1.54, 1.807) is 6.92 Å². The molecule has 0 aliphatic heterocycles. The summed E-state index contributed by atoms with van der Waals surface area (Å²) in [4.78, 5) is 9.84. The molecule has 0 amide bonds. The molecule has 1 rings (SSSR count). The largest absolute Gasteiger partial charge is 0.466 e. The number of allylic oxidation sites excluding steroid dienone is 1. The smallest absolute Gasteiger partial charge is 0.329 e. The van der Waals surface area contributed by atoms with Gasteiger partial charge in [0.2, 0.25) is 0 Å². The molecule has 0 saturated heterocycles. The molecular weight excluding hydrogens is 238 g/mol. The number of benzene rings is 1. The van der Waals surface area contributed by atoms with Crippen LogP contribution in [0.4, 0.5) is 0 Å². The number of hydrogen-bond acceptors (Lipinski definition) is 3. The van der Waals surface area contributed by atoms with Crippen molar-refractivity contribution in [2.45, 2.75) is 6.92 Å². The van der Waals surface area contributed by atoms with Crippen LogP contribution < -0.4 is 0 Å². The second-order valence-corrected chi connectivity index (χ2v) is 3.23. The zero-order valence-electron chi connectivity index (χ0n) is 11.4. The van der Waals surface area contributed by atoms with Crippen LogP contribution in [-0.2, 0) is 9.53 Å². The Labute approximate surface area is 115 Å². The highest BCUT2D eigenvalue weighted by Gasteiger charge is 1.81. The summed E-state index contributed by atoms with van der Waals surface area (Å²) in [6.45, 7) is 11.8. The molecule has 0 bridgehead atoms. The molecule has 19 heavy (non-hydrogen) atoms. The number of methoxy groups -OCH3 is 1. The van der Waals surface area contributed by atoms with E-state index in [2.05, 4.69) is 24.5 Å². The second-order valence-electron chi connectivity index (χ2n) is 3.23. The normalized spacial score (nSPS) is 7.21. The highest BCUT2D eigenvalue weighted by atomic mass is 16.5. The fraction of sp³-hybridized carbons (Fsp3) is 0.125. The van der Waals surface area contributed by atoms with Gasteiger partial charge in [-0.3, -0.25) is 0 Å². The van der Waals surface area contributed by atoms with Gasteiger partial charge in [-0.25, -0.2) is 4.79 Å². The summed E-state index contributed by atoms with van der Waals surface area (Å²) >= 11 is 0. The molecule has 0 unspecified atom stereocenters. The fourth-order valence-corrected chi connectivity index (χ4v) is 0.672. The lowest BCUT2D eigenvalue weighted by molar-refractivity contribution is -0.134. The van der Waals surface area contributed by atoms with Gasteiger partial charge in [0.25, 0.3) is 0 Å². The van der Waals surface area contributed by atoms with Crippen molar-refractivity contribution in [1.29, 1.82) is 5.26 Å². The van der Waals surface area contributed by atoms with Gasteiger partial charge in [-0.1, -0.05) is 56.1 Å². The van der Waals surface area contributed by atoms with Crippen molar-refractivity contribution in [3.8, 4) is 6.07 Å². The summed E-state index contributed by atoms with van der Waals surface area (Å²) in [5.74, 6) is -0.394. The van der Waals surface area contributed by atoms with Gasteiger partial charge in [0.1, 0.15) is 0 Å². The van der Waals surface area contributed by atoms with Crippen LogP contribution in [0.25, 0.3) is 6.08 Å². The standard InChI is InChI=1S/C8H8.C4H5N.C4H6O2/c1-2-8-6-4-3-5-7-8;1-4(2)3-5;1-3-4(5)6-2/h2-7H,1H2;1H2,2H3;3H,1H2,2H3. The van der Waals surface area contributed by atoms with Gasteiger partial charge >= 0.3 is 5.97 Å². The van der Waals surface area contributed by atoms with E-state index in [-0.39, 0.29) is 0 Å². The lowest BCUT2D eigenvalue weighted by Crippen LogP contribution is -1.91. The van der Waals surface area contributed by atoms with E-state index in [1.165, 1.54) is 12.7 Å². The summed E-state index contributed by atoms with van der Waals surface area (Å²) in [6, 6.07) is 11.9. The third-order valence-corrected chi connectivity index (χ3v) is 1.59. The van der Waals surface area contributed by atoms with Crippen molar-refractivity contribution < 1.29 is 9.53 Å². The van der Waals surface area contributed by atoms with Gasteiger partial charge < -0.3 is 4.74 Å². The van der Waals surface area contributed by atoms with Crippen LogP contribution in [0.1, 0.15) is 12.5 Å². The molecule has 1 aromatic carbocycles. The van der Waals surface area contributed by atoms with Crippen LogP contribution in [0.15, 0.2) is 61.7 Å². The SMILES string of the molecule is C=C(C)C#N.C=CC(=O)OC.C=Cc1ccccc1. The predicted molar refractivity (Wildman–Crippen MR) is 79.2 cm³/mol. The lowest BCUT2D eigenvalue weighted by atomic mass is 10.2. The number of hydrogen-bond donors (Lipinski definition) is 0. The van der Waals surface area contributed by atoms with E-state index < -0.39 is 5.97 Å². The molecule has 1 aromatic rings. The first-order valence-corrected chi connectivity index (χ1v) is 5.45. The van der Waals surface area contributed by atoms with Gasteiger partial charge in [0.05, 0.1) is 13.2 Å². The zero-order chi connectivity index (χ0) is 15.1. The van der Waals surface area contributed by atoms with Crippen molar-refractivity contribution in [2.24, 2.45) is 0 Å². The minimum Gasteiger partial charge on any atom is -0.466 e. The molecule has 0 aromatic heterocycles. The minimum absolute atomic E-state index is 0.394. The Balaban J connectivity index is 0. The Morgan fingerprint density at radius 2 is 1.79 bits per heavy atom. The summed E-state index contributed by atoms with van der Waals surface area (Å²) in [5, 5.41) is 7.79. The summed E-state index contributed by atoms with van der Waals surface area (Å²) in [5.41, 5.74) is 1.73. The number of esters is 1. The molecule has 100 valence electrons. The molecular formula is C16H19NO2. The van der Waals surface area contributed by atoms with Crippen molar-refractivity contribution in [1.82, 2.24) is 0 Å². The highest BCUT2D eigenvalue weighted by molar-refractivity contribution is 5.80. The van der Waals surface area contributed by atoms with Gasteiger partial charge in [-0.05, 0) is 12.5 Å². The van der Waals surface area contributed by atoms with Crippen LogP contribution >= 0.6 is 0 Å². The zero-order valence-corrected chi connectivity index (χ0v) is 11.4. The lowest BCUT2D eigenvalue weighted by Gasteiger charge is -1.85. The Bertz CT molecular complexity index is 442. The molecule has 0 fully saturated rings. The molecule has 0 radical (unpaired) electrons. The van der Waals surface area contributed by atoms with Gasteiger partial charge in [0, 0.05) is 11.6 Å². The van der Waals surface area contributed by atoms with Crippen LogP contribution in [0.3, 0.4) is 0 Å². The molecule has 0 aliphatic carbocycles. The molecule has 0 N–H and O–H groups in total. The maximum Gasteiger partial charge on any atom is 0.329 e. The van der Waals surface area contributed by atoms with Gasteiger partial charge in [-0.15, -0.1) is 0 Å². The number of carbonyl (C=O) groups excluding carboxylic acids is 1. The molecule has 0 atom stereocenters. The van der Waals surface area contributed by atoms with Crippen molar-refractivity contribution in [3.05, 3.63) is 67.3 Å². The molecule has 0 spiro atoms. The number of nitrogens with zero attached hydrogens (tertiary/aromatic N) is 1. The molecule has 3 nitrogen and oxygen atoms in total. The molecule has 0 saturated carbocycles. The Kier molecular flexibility index (Phi) is 13.3. The van der Waals surface area contributed by atoms with E-state index in [4.69, 9.17) is 5.26 Å². The van der Waals surface area contributed by atoms with Gasteiger partial charge in [-0.2, -0.15) is 5.26 Å². The maximum absolute atomic E-state index is 9.84. The third kappa shape index (κ3) is 15.4. The van der Waals surface area contributed by atoms with E-state index in [0.717, 1.165) is 6.08 Å². The number of rotatable bonds is 2. The molecule has 3 heteroatoms. The highest BCUT2D eigenvalue weighted by Crippen LogP contribution is 1.97. The average molecular weight is 257 g/mol. The maximum atomic E-state index is 9.84. The van der Waals surface area contributed by atoms with E-state index in [1.807, 2.05) is 42.5 Å². The first kappa shape index (κ1) is 18.8. The topological polar surface area (TPSA) is 50.1 Å². The summed E-state index contributed by atoms with van der Waals surface area (Å²) in [6.07, 6.45) is 2.94. The quantitative estimate of drug-likeness (QED) is 0.460. The van der Waals surface area contributed by atoms with Crippen molar-refractivity contribution in [2.75, 3.05) is 7.11 Å². The van der Waals surface area contributed by atoms with E-state index in [0.29, 0.717) is 5.57 Å². The van der Waals surface area contributed by atoms with E-state index >= 15 is 0 Å². The first-order valence-electron chi connectivity index (χ1n) is 5.45. The Morgan fingerprint density at radius 1 is 1.32 bits per heavy atom. The number of carbonyl (C=O) groups is 1. The van der Waals surface area contributed by atoms with Crippen LogP contribution in [0.2, 0.25) is 0 Å². The van der Waals surface area contributed by atoms with Crippen LogP contribution in [0.5, 0.6) is 0 Å². The van der Waals surface area contributed by atoms with Crippen LogP contribution in [0, 0.1) is 11.3 Å². The van der Waals surface area contributed by atoms with Crippen molar-refractivity contribution in [3.63, 3.8) is 0 Å². The first-order chi connectivity index (χ1) is 9.01. The van der Waals surface area contributed by atoms with E-state index in [9.17, 15) is 4.79 Å².